The molecule has 2 heterocycles. The van der Waals surface area contributed by atoms with Gasteiger partial charge in [0.25, 0.3) is 5.91 Å². The Morgan fingerprint density at radius 2 is 2.00 bits per heavy atom. The quantitative estimate of drug-likeness (QED) is 0.274. The lowest BCUT2D eigenvalue weighted by Crippen LogP contribution is -2.19. The van der Waals surface area contributed by atoms with E-state index in [-0.39, 0.29) is 5.82 Å². The third kappa shape index (κ3) is 7.76. The Bertz CT molecular complexity index is 1210. The van der Waals surface area contributed by atoms with Gasteiger partial charge in [0.1, 0.15) is 17.4 Å². The van der Waals surface area contributed by atoms with Gasteiger partial charge in [0, 0.05) is 23.2 Å². The van der Waals surface area contributed by atoms with Crippen molar-refractivity contribution in [2.45, 2.75) is 77.7 Å². The Balaban J connectivity index is 1.43. The Morgan fingerprint density at radius 1 is 1.22 bits per heavy atom. The third-order valence-electron chi connectivity index (χ3n) is 6.72. The number of aromatic amines is 1. The number of nitrogens with zero attached hydrogens (tertiary/aromatic N) is 3. The first-order chi connectivity index (χ1) is 17.7. The first-order valence-electron chi connectivity index (χ1n) is 13.0. The molecule has 0 aliphatic heterocycles. The molecule has 1 aliphatic carbocycles. The van der Waals surface area contributed by atoms with E-state index in [1.807, 2.05) is 19.1 Å². The van der Waals surface area contributed by atoms with Crippen LogP contribution in [0.3, 0.4) is 0 Å². The summed E-state index contributed by atoms with van der Waals surface area (Å²) in [5.74, 6) is 2.11. The number of ether oxygens (including phenoxy) is 1. The number of aromatic nitrogens is 4. The van der Waals surface area contributed by atoms with Gasteiger partial charge in [-0.1, -0.05) is 43.7 Å². The molecule has 198 valence electrons. The Kier molecular flexibility index (Phi) is 8.82. The van der Waals surface area contributed by atoms with Crippen LogP contribution in [0.25, 0.3) is 11.1 Å². The van der Waals surface area contributed by atoms with Gasteiger partial charge in [-0.2, -0.15) is 0 Å². The van der Waals surface area contributed by atoms with Gasteiger partial charge in [-0.3, -0.25) is 9.89 Å². The zero-order chi connectivity index (χ0) is 26.4. The minimum atomic E-state index is -0.716. The zero-order valence-corrected chi connectivity index (χ0v) is 22.6. The number of hydrogen-bond acceptors (Lipinski definition) is 6. The number of halogens is 1. The molecule has 0 bridgehead atoms. The van der Waals surface area contributed by atoms with Gasteiger partial charge < -0.3 is 15.2 Å². The highest BCUT2D eigenvalue weighted by Gasteiger charge is 2.19. The summed E-state index contributed by atoms with van der Waals surface area (Å²) in [6.45, 7) is 6.00. The highest BCUT2D eigenvalue weighted by molar-refractivity contribution is 6.33. The summed E-state index contributed by atoms with van der Waals surface area (Å²) >= 11 is 6.54. The number of pyridine rings is 1. The lowest BCUT2D eigenvalue weighted by Gasteiger charge is -2.19. The van der Waals surface area contributed by atoms with Gasteiger partial charge in [0.2, 0.25) is 5.82 Å². The van der Waals surface area contributed by atoms with Crippen molar-refractivity contribution in [1.82, 2.24) is 20.2 Å². The van der Waals surface area contributed by atoms with Crippen molar-refractivity contribution in [2.24, 2.45) is 5.92 Å². The van der Waals surface area contributed by atoms with E-state index in [1.54, 1.807) is 32.2 Å². The van der Waals surface area contributed by atoms with E-state index < -0.39 is 11.5 Å². The number of aliphatic hydroxyl groups is 1. The first-order valence-corrected chi connectivity index (χ1v) is 13.4. The van der Waals surface area contributed by atoms with Crippen LogP contribution in [0.2, 0.25) is 5.02 Å². The molecule has 1 aromatic carbocycles. The fourth-order valence-corrected chi connectivity index (χ4v) is 4.92. The summed E-state index contributed by atoms with van der Waals surface area (Å²) in [6.07, 6.45) is 10.1. The van der Waals surface area contributed by atoms with E-state index in [9.17, 15) is 9.90 Å². The second kappa shape index (κ2) is 12.0. The van der Waals surface area contributed by atoms with Gasteiger partial charge in [-0.05, 0) is 74.9 Å². The van der Waals surface area contributed by atoms with E-state index in [1.165, 1.54) is 32.1 Å². The number of anilines is 1. The van der Waals surface area contributed by atoms with Crippen molar-refractivity contribution < 1.29 is 14.6 Å². The minimum absolute atomic E-state index is 0.106. The predicted molar refractivity (Wildman–Crippen MR) is 145 cm³/mol. The maximum atomic E-state index is 12.8. The van der Waals surface area contributed by atoms with Crippen LogP contribution < -0.4 is 10.1 Å². The number of carbonyl (C=O) groups is 1. The number of hydrogen-bond donors (Lipinski definition) is 3. The molecule has 0 spiro atoms. The molecule has 4 rings (SSSR count). The highest BCUT2D eigenvalue weighted by atomic mass is 35.5. The maximum Gasteiger partial charge on any atom is 0.296 e. The normalized spacial score (nSPS) is 14.5. The number of nitrogens with one attached hydrogen (secondary N) is 2. The molecule has 3 N–H and O–H groups in total. The second-order valence-corrected chi connectivity index (χ2v) is 11.0. The summed E-state index contributed by atoms with van der Waals surface area (Å²) < 4.78 is 5.89. The van der Waals surface area contributed by atoms with Gasteiger partial charge in [-0.15, -0.1) is 5.10 Å². The SMILES string of the molecule is Cc1cnc(NC(=O)c2n[nH]c(CC3CCCCC3)n2)cc1-c1cc(OCCCC(C)(C)O)ccc1Cl. The molecule has 0 radical (unpaired) electrons. The molecule has 1 saturated carbocycles. The van der Waals surface area contributed by atoms with Crippen molar-refractivity contribution in [2.75, 3.05) is 11.9 Å². The summed E-state index contributed by atoms with van der Waals surface area (Å²) in [4.78, 5) is 21.6. The van der Waals surface area contributed by atoms with Crippen LogP contribution >= 0.6 is 11.6 Å². The molecule has 9 heteroatoms. The molecule has 0 atom stereocenters. The molecule has 0 saturated heterocycles. The highest BCUT2D eigenvalue weighted by Crippen LogP contribution is 2.34. The molecule has 0 unspecified atom stereocenters. The lowest BCUT2D eigenvalue weighted by atomic mass is 9.87. The first kappa shape index (κ1) is 27.1. The van der Waals surface area contributed by atoms with Gasteiger partial charge >= 0.3 is 0 Å². The topological polar surface area (TPSA) is 113 Å². The van der Waals surface area contributed by atoms with Gasteiger partial charge in [0.15, 0.2) is 0 Å². The number of benzene rings is 1. The van der Waals surface area contributed by atoms with Gasteiger partial charge in [-0.25, -0.2) is 9.97 Å². The fourth-order valence-electron chi connectivity index (χ4n) is 4.70. The molecular formula is C28H36ClN5O3. The van der Waals surface area contributed by atoms with Crippen LogP contribution in [0, 0.1) is 12.8 Å². The van der Waals surface area contributed by atoms with Gasteiger partial charge in [0.05, 0.1) is 12.2 Å². The van der Waals surface area contributed by atoms with E-state index in [2.05, 4.69) is 25.5 Å². The van der Waals surface area contributed by atoms with E-state index >= 15 is 0 Å². The molecule has 2 aromatic heterocycles. The Hall–Kier alpha value is -2.97. The van der Waals surface area contributed by atoms with E-state index in [4.69, 9.17) is 16.3 Å². The number of aryl methyl sites for hydroxylation is 1. The molecular weight excluding hydrogens is 490 g/mol. The summed E-state index contributed by atoms with van der Waals surface area (Å²) in [5, 5.41) is 20.3. The lowest BCUT2D eigenvalue weighted by molar-refractivity contribution is 0.0641. The summed E-state index contributed by atoms with van der Waals surface area (Å²) in [6, 6.07) is 7.29. The second-order valence-electron chi connectivity index (χ2n) is 10.6. The van der Waals surface area contributed by atoms with Crippen LogP contribution in [0.1, 0.15) is 80.8 Å². The largest absolute Gasteiger partial charge is 0.494 e. The van der Waals surface area contributed by atoms with Crippen LogP contribution in [-0.4, -0.2) is 43.4 Å². The third-order valence-corrected chi connectivity index (χ3v) is 7.05. The summed E-state index contributed by atoms with van der Waals surface area (Å²) in [7, 11) is 0. The van der Waals surface area contributed by atoms with Crippen molar-refractivity contribution in [3.63, 3.8) is 0 Å². The Labute approximate surface area is 223 Å². The van der Waals surface area contributed by atoms with Crippen LogP contribution in [0.15, 0.2) is 30.5 Å². The number of amides is 1. The minimum Gasteiger partial charge on any atom is -0.494 e. The fraction of sp³-hybridized carbons (Fsp3) is 0.500. The molecule has 1 amide bonds. The van der Waals surface area contributed by atoms with Crippen molar-refractivity contribution in [3.8, 4) is 16.9 Å². The monoisotopic (exact) mass is 525 g/mol. The smallest absolute Gasteiger partial charge is 0.296 e. The van der Waals surface area contributed by atoms with Crippen molar-refractivity contribution >= 4 is 23.3 Å². The average Bonchev–Trinajstić information content (AvgIpc) is 3.33. The standard InChI is InChI=1S/C28H36ClN5O3/c1-18-17-30-24(32-27(35)26-31-25(33-34-26)14-19-8-5-4-6-9-19)16-21(18)22-15-20(10-11-23(22)29)37-13-7-12-28(2,3)36/h10-11,15-17,19,36H,4-9,12-14H2,1-3H3,(H,30,32,35)(H,31,33,34). The molecule has 1 aliphatic rings. The number of H-pyrrole nitrogens is 1. The predicted octanol–water partition coefficient (Wildman–Crippen LogP) is 6.13. The number of carbonyl (C=O) groups excluding carboxylic acids is 1. The Morgan fingerprint density at radius 3 is 2.76 bits per heavy atom. The summed E-state index contributed by atoms with van der Waals surface area (Å²) in [5.41, 5.74) is 1.81. The molecule has 3 aromatic rings. The van der Waals surface area contributed by atoms with E-state index in [0.29, 0.717) is 35.5 Å². The number of rotatable bonds is 10. The van der Waals surface area contributed by atoms with Crippen LogP contribution in [0.4, 0.5) is 5.82 Å². The van der Waals surface area contributed by atoms with Crippen LogP contribution in [0.5, 0.6) is 5.75 Å². The van der Waals surface area contributed by atoms with Crippen molar-refractivity contribution in [1.29, 1.82) is 0 Å². The molecule has 37 heavy (non-hydrogen) atoms. The maximum absolute atomic E-state index is 12.8. The average molecular weight is 526 g/mol. The van der Waals surface area contributed by atoms with Crippen LogP contribution in [-0.2, 0) is 6.42 Å². The van der Waals surface area contributed by atoms with Crippen molar-refractivity contribution in [3.05, 3.63) is 52.7 Å². The molecule has 1 fully saturated rings. The zero-order valence-electron chi connectivity index (χ0n) is 21.8. The molecule has 8 nitrogen and oxygen atoms in total. The van der Waals surface area contributed by atoms with E-state index in [0.717, 1.165) is 35.4 Å².